The maximum Gasteiger partial charge on any atom is 0.343 e. The maximum absolute atomic E-state index is 12.4. The number of rotatable bonds is 5. The van der Waals surface area contributed by atoms with Crippen molar-refractivity contribution in [2.75, 3.05) is 24.4 Å². The molecule has 1 fully saturated rings. The number of benzene rings is 1. The van der Waals surface area contributed by atoms with Crippen LogP contribution >= 0.6 is 0 Å². The van der Waals surface area contributed by atoms with Crippen LogP contribution in [0.5, 0.6) is 5.75 Å². The molecule has 7 heteroatoms. The first kappa shape index (κ1) is 19.9. The molecule has 3 rings (SSSR count). The van der Waals surface area contributed by atoms with Crippen LogP contribution in [-0.2, 0) is 4.74 Å². The van der Waals surface area contributed by atoms with Gasteiger partial charge in [-0.1, -0.05) is 0 Å². The van der Waals surface area contributed by atoms with Gasteiger partial charge in [0.25, 0.3) is 0 Å². The van der Waals surface area contributed by atoms with E-state index >= 15 is 0 Å². The van der Waals surface area contributed by atoms with E-state index in [2.05, 4.69) is 29.0 Å². The highest BCUT2D eigenvalue weighted by Gasteiger charge is 2.29. The van der Waals surface area contributed by atoms with E-state index in [9.17, 15) is 4.79 Å². The van der Waals surface area contributed by atoms with Gasteiger partial charge in [0.2, 0.25) is 5.95 Å². The third-order valence-corrected chi connectivity index (χ3v) is 5.24. The molecule has 0 spiro atoms. The molecule has 0 bridgehead atoms. The number of nitrogens with zero attached hydrogens (tertiary/aromatic N) is 3. The molecule has 1 aromatic heterocycles. The average molecular weight is 384 g/mol. The molecule has 1 saturated heterocycles. The lowest BCUT2D eigenvalue weighted by atomic mass is 9.98. The highest BCUT2D eigenvalue weighted by Crippen LogP contribution is 2.30. The molecule has 7 nitrogen and oxygen atoms in total. The van der Waals surface area contributed by atoms with Crippen molar-refractivity contribution >= 4 is 23.4 Å². The predicted octanol–water partition coefficient (Wildman–Crippen LogP) is 4.09. The number of carbonyl (C=O) groups is 1. The van der Waals surface area contributed by atoms with Crippen molar-refractivity contribution in [3.05, 3.63) is 35.5 Å². The fourth-order valence-corrected chi connectivity index (χ4v) is 3.74. The summed E-state index contributed by atoms with van der Waals surface area (Å²) >= 11 is 0. The van der Waals surface area contributed by atoms with Crippen molar-refractivity contribution in [2.45, 2.75) is 52.1 Å². The summed E-state index contributed by atoms with van der Waals surface area (Å²) < 4.78 is 10.2. The number of ether oxygens (including phenoxy) is 2. The van der Waals surface area contributed by atoms with Gasteiger partial charge in [0.15, 0.2) is 5.82 Å². The molecule has 1 aliphatic heterocycles. The van der Waals surface area contributed by atoms with Crippen LogP contribution in [0.4, 0.5) is 17.5 Å². The molecule has 2 unspecified atom stereocenters. The Bertz CT molecular complexity index is 828. The topological polar surface area (TPSA) is 76.6 Å². The molecular weight excluding hydrogens is 356 g/mol. The SMILES string of the molecule is COC(=O)c1c(C)nc(N2C(C)CCCC2C)nc1Nc1ccc(OC)cc1. The van der Waals surface area contributed by atoms with Crippen LogP contribution < -0.4 is 15.0 Å². The summed E-state index contributed by atoms with van der Waals surface area (Å²) in [6.07, 6.45) is 3.41. The average Bonchev–Trinajstić information content (AvgIpc) is 2.68. The number of piperidine rings is 1. The van der Waals surface area contributed by atoms with Crippen LogP contribution in [0.2, 0.25) is 0 Å². The third kappa shape index (κ3) is 4.03. The van der Waals surface area contributed by atoms with Crippen molar-refractivity contribution in [3.8, 4) is 5.75 Å². The highest BCUT2D eigenvalue weighted by molar-refractivity contribution is 5.96. The van der Waals surface area contributed by atoms with Gasteiger partial charge in [-0.25, -0.2) is 9.78 Å². The molecule has 28 heavy (non-hydrogen) atoms. The summed E-state index contributed by atoms with van der Waals surface area (Å²) in [5, 5.41) is 3.25. The van der Waals surface area contributed by atoms with Gasteiger partial charge in [-0.15, -0.1) is 0 Å². The number of aromatic nitrogens is 2. The zero-order valence-electron chi connectivity index (χ0n) is 17.2. The summed E-state index contributed by atoms with van der Waals surface area (Å²) in [7, 11) is 2.99. The van der Waals surface area contributed by atoms with E-state index in [1.54, 1.807) is 7.11 Å². The zero-order valence-corrected chi connectivity index (χ0v) is 17.2. The molecule has 0 amide bonds. The Hall–Kier alpha value is -2.83. The van der Waals surface area contributed by atoms with Gasteiger partial charge < -0.3 is 19.7 Å². The quantitative estimate of drug-likeness (QED) is 0.778. The van der Waals surface area contributed by atoms with Gasteiger partial charge in [-0.3, -0.25) is 0 Å². The van der Waals surface area contributed by atoms with E-state index in [1.807, 2.05) is 31.2 Å². The summed E-state index contributed by atoms with van der Waals surface area (Å²) in [5.74, 6) is 1.39. The first-order chi connectivity index (χ1) is 13.4. The highest BCUT2D eigenvalue weighted by atomic mass is 16.5. The van der Waals surface area contributed by atoms with Crippen molar-refractivity contribution in [1.82, 2.24) is 9.97 Å². The number of hydrogen-bond acceptors (Lipinski definition) is 7. The number of nitrogens with one attached hydrogen (secondary N) is 1. The lowest BCUT2D eigenvalue weighted by molar-refractivity contribution is 0.0600. The van der Waals surface area contributed by atoms with E-state index in [0.29, 0.717) is 35.1 Å². The predicted molar refractivity (Wildman–Crippen MR) is 110 cm³/mol. The molecule has 2 atom stereocenters. The van der Waals surface area contributed by atoms with Gasteiger partial charge in [-0.2, -0.15) is 4.98 Å². The summed E-state index contributed by atoms with van der Waals surface area (Å²) in [6.45, 7) is 6.20. The van der Waals surface area contributed by atoms with Crippen LogP contribution in [0.25, 0.3) is 0 Å². The summed E-state index contributed by atoms with van der Waals surface area (Å²) in [6, 6.07) is 8.15. The molecule has 2 aromatic rings. The molecule has 0 radical (unpaired) electrons. The summed E-state index contributed by atoms with van der Waals surface area (Å²) in [5.41, 5.74) is 1.74. The van der Waals surface area contributed by atoms with Crippen molar-refractivity contribution in [1.29, 1.82) is 0 Å². The third-order valence-electron chi connectivity index (χ3n) is 5.24. The minimum Gasteiger partial charge on any atom is -0.497 e. The monoisotopic (exact) mass is 384 g/mol. The molecule has 0 aliphatic carbocycles. The van der Waals surface area contributed by atoms with Crippen LogP contribution in [0.1, 0.15) is 49.2 Å². The Labute approximate surface area is 166 Å². The number of esters is 1. The van der Waals surface area contributed by atoms with E-state index in [1.165, 1.54) is 13.5 Å². The lowest BCUT2D eigenvalue weighted by Crippen LogP contribution is -2.45. The first-order valence-corrected chi connectivity index (χ1v) is 9.61. The number of methoxy groups -OCH3 is 2. The number of anilines is 3. The molecule has 2 heterocycles. The van der Waals surface area contributed by atoms with Gasteiger partial charge in [0.1, 0.15) is 11.3 Å². The maximum atomic E-state index is 12.4. The van der Waals surface area contributed by atoms with Crippen molar-refractivity contribution in [3.63, 3.8) is 0 Å². The minimum absolute atomic E-state index is 0.347. The van der Waals surface area contributed by atoms with Gasteiger partial charge in [0, 0.05) is 17.8 Å². The Morgan fingerprint density at radius 1 is 1.11 bits per heavy atom. The van der Waals surface area contributed by atoms with Crippen molar-refractivity contribution < 1.29 is 14.3 Å². The van der Waals surface area contributed by atoms with Gasteiger partial charge in [-0.05, 0) is 64.3 Å². The Morgan fingerprint density at radius 2 is 1.75 bits per heavy atom. The summed E-state index contributed by atoms with van der Waals surface area (Å²) in [4.78, 5) is 24.0. The zero-order chi connectivity index (χ0) is 20.3. The molecule has 1 aliphatic rings. The fourth-order valence-electron chi connectivity index (χ4n) is 3.74. The second-order valence-electron chi connectivity index (χ2n) is 7.21. The normalized spacial score (nSPS) is 19.2. The second-order valence-corrected chi connectivity index (χ2v) is 7.21. The molecule has 150 valence electrons. The second kappa shape index (κ2) is 8.46. The number of hydrogen-bond donors (Lipinski definition) is 1. The lowest BCUT2D eigenvalue weighted by Gasteiger charge is -2.39. The smallest absolute Gasteiger partial charge is 0.343 e. The van der Waals surface area contributed by atoms with E-state index < -0.39 is 5.97 Å². The Kier molecular flexibility index (Phi) is 6.02. The molecule has 1 aromatic carbocycles. The van der Waals surface area contributed by atoms with Crippen LogP contribution in [-0.4, -0.2) is 42.2 Å². The Balaban J connectivity index is 2.03. The molecule has 0 saturated carbocycles. The van der Waals surface area contributed by atoms with E-state index in [4.69, 9.17) is 14.5 Å². The first-order valence-electron chi connectivity index (χ1n) is 9.61. The molecule has 1 N–H and O–H groups in total. The molecular formula is C21H28N4O3. The van der Waals surface area contributed by atoms with E-state index in [0.717, 1.165) is 24.3 Å². The van der Waals surface area contributed by atoms with Crippen LogP contribution in [0.15, 0.2) is 24.3 Å². The van der Waals surface area contributed by atoms with E-state index in [-0.39, 0.29) is 0 Å². The minimum atomic E-state index is -0.459. The number of carbonyl (C=O) groups excluding carboxylic acids is 1. The largest absolute Gasteiger partial charge is 0.497 e. The van der Waals surface area contributed by atoms with Gasteiger partial charge >= 0.3 is 5.97 Å². The fraction of sp³-hybridized carbons (Fsp3) is 0.476. The standard InChI is InChI=1S/C21H28N4O3/c1-13-7-6-8-14(2)25(13)21-22-15(3)18(20(26)28-5)19(24-21)23-16-9-11-17(27-4)12-10-16/h9-14H,6-8H2,1-5H3,(H,22,23,24). The number of aryl methyl sites for hydroxylation is 1. The Morgan fingerprint density at radius 3 is 2.32 bits per heavy atom. The van der Waals surface area contributed by atoms with Crippen LogP contribution in [0, 0.1) is 6.92 Å². The van der Waals surface area contributed by atoms with Gasteiger partial charge in [0.05, 0.1) is 19.9 Å². The van der Waals surface area contributed by atoms with Crippen LogP contribution in [0.3, 0.4) is 0 Å². The van der Waals surface area contributed by atoms with Crippen molar-refractivity contribution in [2.24, 2.45) is 0 Å².